The number of carbonyl (C=O) groups excluding carboxylic acids is 2. The molecular weight excluding hydrogens is 194 g/mol. The van der Waals surface area contributed by atoms with Gasteiger partial charge in [0.2, 0.25) is 0 Å². The summed E-state index contributed by atoms with van der Waals surface area (Å²) in [6, 6.07) is 5.17. The summed E-state index contributed by atoms with van der Waals surface area (Å²) in [5.41, 5.74) is 1.62. The van der Waals surface area contributed by atoms with Crippen LogP contribution in [0.1, 0.15) is 20.7 Å². The number of fused-ring (bicyclic) bond motifs is 1. The summed E-state index contributed by atoms with van der Waals surface area (Å²) in [6.45, 7) is 0. The number of ether oxygens (including phenoxy) is 1. The number of esters is 1. The first-order chi connectivity index (χ1) is 7.27. The van der Waals surface area contributed by atoms with Crippen molar-refractivity contribution in [3.63, 3.8) is 0 Å². The molecular formula is C11H9NO3. The Morgan fingerprint density at radius 2 is 2.27 bits per heavy atom. The largest absolute Gasteiger partial charge is 0.465 e. The zero-order valence-electron chi connectivity index (χ0n) is 8.11. The maximum atomic E-state index is 11.4. The molecule has 0 amide bonds. The Hall–Kier alpha value is -2.10. The first-order valence-corrected chi connectivity index (χ1v) is 4.41. The van der Waals surface area contributed by atoms with Crippen LogP contribution in [0.15, 0.2) is 24.4 Å². The standard InChI is InChI=1S/C11H9NO3/c1-15-11(14)8-3-2-4-9-10(8)7(6-13)5-12-9/h2-6,12H,1H3. The van der Waals surface area contributed by atoms with Crippen molar-refractivity contribution in [2.75, 3.05) is 7.11 Å². The molecule has 76 valence electrons. The topological polar surface area (TPSA) is 59.2 Å². The summed E-state index contributed by atoms with van der Waals surface area (Å²) in [5, 5.41) is 0.611. The van der Waals surface area contributed by atoms with Crippen LogP contribution in [-0.4, -0.2) is 24.3 Å². The normalized spacial score (nSPS) is 10.2. The number of aromatic amines is 1. The fraction of sp³-hybridized carbons (Fsp3) is 0.0909. The molecule has 1 N–H and O–H groups in total. The van der Waals surface area contributed by atoms with Gasteiger partial charge in [0, 0.05) is 22.7 Å². The van der Waals surface area contributed by atoms with Gasteiger partial charge in [0.1, 0.15) is 0 Å². The van der Waals surface area contributed by atoms with Crippen molar-refractivity contribution in [3.05, 3.63) is 35.5 Å². The number of rotatable bonds is 2. The van der Waals surface area contributed by atoms with Crippen LogP contribution in [0.25, 0.3) is 10.9 Å². The summed E-state index contributed by atoms with van der Waals surface area (Å²) in [4.78, 5) is 25.1. The number of benzene rings is 1. The van der Waals surface area contributed by atoms with Crippen LogP contribution in [0.4, 0.5) is 0 Å². The highest BCUT2D eigenvalue weighted by atomic mass is 16.5. The zero-order valence-corrected chi connectivity index (χ0v) is 8.11. The molecule has 0 fully saturated rings. The van der Waals surface area contributed by atoms with Crippen LogP contribution >= 0.6 is 0 Å². The molecule has 15 heavy (non-hydrogen) atoms. The fourth-order valence-corrected chi connectivity index (χ4v) is 1.58. The third-order valence-electron chi connectivity index (χ3n) is 2.27. The molecule has 0 aliphatic rings. The Bertz CT molecular complexity index is 528. The lowest BCUT2D eigenvalue weighted by molar-refractivity contribution is 0.0603. The number of aromatic nitrogens is 1. The Labute approximate surface area is 85.9 Å². The lowest BCUT2D eigenvalue weighted by Crippen LogP contribution is -2.02. The highest BCUT2D eigenvalue weighted by Crippen LogP contribution is 2.21. The number of hydrogen-bond donors (Lipinski definition) is 1. The van der Waals surface area contributed by atoms with Crippen molar-refractivity contribution in [2.24, 2.45) is 0 Å². The Morgan fingerprint density at radius 3 is 2.93 bits per heavy atom. The minimum atomic E-state index is -0.441. The summed E-state index contributed by atoms with van der Waals surface area (Å²) < 4.78 is 4.64. The van der Waals surface area contributed by atoms with Crippen molar-refractivity contribution in [2.45, 2.75) is 0 Å². The molecule has 0 spiro atoms. The molecule has 1 aromatic carbocycles. The van der Waals surface area contributed by atoms with Crippen molar-refractivity contribution >= 4 is 23.2 Å². The number of hydrogen-bond acceptors (Lipinski definition) is 3. The predicted octanol–water partition coefficient (Wildman–Crippen LogP) is 1.77. The van der Waals surface area contributed by atoms with Crippen LogP contribution in [0.5, 0.6) is 0 Å². The molecule has 0 aliphatic heterocycles. The van der Waals surface area contributed by atoms with E-state index in [2.05, 4.69) is 9.72 Å². The summed E-state index contributed by atoms with van der Waals surface area (Å²) in [6.07, 6.45) is 2.29. The fourth-order valence-electron chi connectivity index (χ4n) is 1.58. The molecule has 2 rings (SSSR count). The smallest absolute Gasteiger partial charge is 0.338 e. The Morgan fingerprint density at radius 1 is 1.47 bits per heavy atom. The van der Waals surface area contributed by atoms with Crippen molar-refractivity contribution in [1.82, 2.24) is 4.98 Å². The maximum Gasteiger partial charge on any atom is 0.338 e. The second-order valence-electron chi connectivity index (χ2n) is 3.08. The molecule has 0 radical (unpaired) electrons. The van der Waals surface area contributed by atoms with Gasteiger partial charge in [0.05, 0.1) is 12.7 Å². The minimum Gasteiger partial charge on any atom is -0.465 e. The van der Waals surface area contributed by atoms with Crippen LogP contribution in [0.3, 0.4) is 0 Å². The van der Waals surface area contributed by atoms with E-state index in [-0.39, 0.29) is 0 Å². The molecule has 0 unspecified atom stereocenters. The first-order valence-electron chi connectivity index (χ1n) is 4.41. The summed E-state index contributed by atoms with van der Waals surface area (Å²) >= 11 is 0. The minimum absolute atomic E-state index is 0.401. The third kappa shape index (κ3) is 1.40. The Kier molecular flexibility index (Phi) is 2.25. The maximum absolute atomic E-state index is 11.4. The molecule has 2 aromatic rings. The van der Waals surface area contributed by atoms with E-state index in [9.17, 15) is 9.59 Å². The third-order valence-corrected chi connectivity index (χ3v) is 2.27. The van der Waals surface area contributed by atoms with Gasteiger partial charge in [-0.1, -0.05) is 6.07 Å². The van der Waals surface area contributed by atoms with E-state index in [4.69, 9.17) is 0 Å². The van der Waals surface area contributed by atoms with Gasteiger partial charge in [-0.05, 0) is 12.1 Å². The van der Waals surface area contributed by atoms with Gasteiger partial charge in [0.15, 0.2) is 6.29 Å². The van der Waals surface area contributed by atoms with Gasteiger partial charge in [-0.25, -0.2) is 4.79 Å². The van der Waals surface area contributed by atoms with Gasteiger partial charge in [-0.2, -0.15) is 0 Å². The van der Waals surface area contributed by atoms with Crippen LogP contribution < -0.4 is 0 Å². The van der Waals surface area contributed by atoms with Crippen molar-refractivity contribution < 1.29 is 14.3 Å². The van der Waals surface area contributed by atoms with Gasteiger partial charge >= 0.3 is 5.97 Å². The van der Waals surface area contributed by atoms with E-state index in [1.807, 2.05) is 0 Å². The van der Waals surface area contributed by atoms with E-state index < -0.39 is 5.97 Å². The van der Waals surface area contributed by atoms with E-state index in [0.717, 1.165) is 5.52 Å². The second-order valence-corrected chi connectivity index (χ2v) is 3.08. The van der Waals surface area contributed by atoms with Crippen molar-refractivity contribution in [1.29, 1.82) is 0 Å². The number of aldehydes is 1. The van der Waals surface area contributed by atoms with E-state index >= 15 is 0 Å². The average Bonchev–Trinajstić information content (AvgIpc) is 2.70. The highest BCUT2D eigenvalue weighted by Gasteiger charge is 2.13. The zero-order chi connectivity index (χ0) is 10.8. The Balaban J connectivity index is 2.77. The van der Waals surface area contributed by atoms with E-state index in [1.54, 1.807) is 24.4 Å². The lowest BCUT2D eigenvalue weighted by atomic mass is 10.1. The molecule has 4 nitrogen and oxygen atoms in total. The number of carbonyl (C=O) groups is 2. The van der Waals surface area contributed by atoms with Crippen LogP contribution in [-0.2, 0) is 4.74 Å². The number of methoxy groups -OCH3 is 1. The SMILES string of the molecule is COC(=O)c1cccc2[nH]cc(C=O)c12. The molecule has 0 aliphatic carbocycles. The van der Waals surface area contributed by atoms with Gasteiger partial charge in [-0.3, -0.25) is 4.79 Å². The second kappa shape index (κ2) is 3.57. The predicted molar refractivity (Wildman–Crippen MR) is 55.0 cm³/mol. The number of H-pyrrole nitrogens is 1. The quantitative estimate of drug-likeness (QED) is 0.597. The van der Waals surface area contributed by atoms with E-state index in [1.165, 1.54) is 7.11 Å². The average molecular weight is 203 g/mol. The molecule has 1 aromatic heterocycles. The first kappa shape index (κ1) is 9.45. The van der Waals surface area contributed by atoms with Gasteiger partial charge in [-0.15, -0.1) is 0 Å². The van der Waals surface area contributed by atoms with E-state index in [0.29, 0.717) is 22.8 Å². The summed E-state index contributed by atoms with van der Waals surface area (Å²) in [7, 11) is 1.31. The molecule has 0 atom stereocenters. The number of nitrogens with one attached hydrogen (secondary N) is 1. The summed E-state index contributed by atoms with van der Waals surface area (Å²) in [5.74, 6) is -0.441. The van der Waals surface area contributed by atoms with Gasteiger partial charge in [0.25, 0.3) is 0 Å². The molecule has 0 saturated carbocycles. The monoisotopic (exact) mass is 203 g/mol. The molecule has 4 heteroatoms. The molecule has 0 saturated heterocycles. The van der Waals surface area contributed by atoms with Crippen LogP contribution in [0, 0.1) is 0 Å². The molecule has 0 bridgehead atoms. The molecule has 1 heterocycles. The van der Waals surface area contributed by atoms with Crippen LogP contribution in [0.2, 0.25) is 0 Å². The van der Waals surface area contributed by atoms with Gasteiger partial charge < -0.3 is 9.72 Å². The highest BCUT2D eigenvalue weighted by molar-refractivity contribution is 6.09. The van der Waals surface area contributed by atoms with Crippen molar-refractivity contribution in [3.8, 4) is 0 Å². The lowest BCUT2D eigenvalue weighted by Gasteiger charge is -2.01.